The van der Waals surface area contributed by atoms with Crippen molar-refractivity contribution in [1.29, 1.82) is 0 Å². The summed E-state index contributed by atoms with van der Waals surface area (Å²) in [7, 11) is -3.27. The number of nitrogen functional groups attached to an aromatic ring is 1. The highest BCUT2D eigenvalue weighted by Crippen LogP contribution is 2.32. The summed E-state index contributed by atoms with van der Waals surface area (Å²) >= 11 is 0. The molecule has 1 aliphatic rings. The van der Waals surface area contributed by atoms with Crippen LogP contribution in [-0.4, -0.2) is 20.7 Å². The van der Waals surface area contributed by atoms with Crippen LogP contribution in [0.1, 0.15) is 39.0 Å². The SMILES string of the molecule is CCC1CCC(Nc2cccc(S(C)(=O)=O)c2N)CC1. The van der Waals surface area contributed by atoms with Crippen molar-refractivity contribution in [2.45, 2.75) is 50.0 Å². The molecule has 1 fully saturated rings. The molecule has 3 N–H and O–H groups in total. The van der Waals surface area contributed by atoms with Gasteiger partial charge in [0.15, 0.2) is 9.84 Å². The van der Waals surface area contributed by atoms with Gasteiger partial charge >= 0.3 is 0 Å². The summed E-state index contributed by atoms with van der Waals surface area (Å²) in [6.45, 7) is 2.24. The topological polar surface area (TPSA) is 72.2 Å². The van der Waals surface area contributed by atoms with Crippen LogP contribution in [-0.2, 0) is 9.84 Å². The van der Waals surface area contributed by atoms with E-state index in [-0.39, 0.29) is 4.90 Å². The van der Waals surface area contributed by atoms with Crippen molar-refractivity contribution in [3.05, 3.63) is 18.2 Å². The third-order valence-electron chi connectivity index (χ3n) is 4.25. The maximum atomic E-state index is 11.7. The number of hydrogen-bond donors (Lipinski definition) is 2. The summed E-state index contributed by atoms with van der Waals surface area (Å²) in [6.07, 6.45) is 7.16. The first-order chi connectivity index (χ1) is 9.41. The zero-order valence-electron chi connectivity index (χ0n) is 12.2. The fourth-order valence-electron chi connectivity index (χ4n) is 2.93. The van der Waals surface area contributed by atoms with Crippen LogP contribution in [0, 0.1) is 5.92 Å². The predicted molar refractivity (Wildman–Crippen MR) is 83.6 cm³/mol. The quantitative estimate of drug-likeness (QED) is 0.838. The van der Waals surface area contributed by atoms with Gasteiger partial charge in [-0.1, -0.05) is 19.4 Å². The third-order valence-corrected chi connectivity index (χ3v) is 5.40. The number of benzene rings is 1. The molecule has 0 amide bonds. The van der Waals surface area contributed by atoms with E-state index in [9.17, 15) is 8.42 Å². The van der Waals surface area contributed by atoms with Crippen LogP contribution in [0.3, 0.4) is 0 Å². The largest absolute Gasteiger partial charge is 0.396 e. The van der Waals surface area contributed by atoms with Crippen molar-refractivity contribution in [2.75, 3.05) is 17.3 Å². The minimum atomic E-state index is -3.27. The Balaban J connectivity index is 2.11. The van der Waals surface area contributed by atoms with Crippen LogP contribution >= 0.6 is 0 Å². The van der Waals surface area contributed by atoms with Gasteiger partial charge in [-0.15, -0.1) is 0 Å². The zero-order chi connectivity index (χ0) is 14.8. The lowest BCUT2D eigenvalue weighted by Crippen LogP contribution is -2.26. The normalized spacial score (nSPS) is 23.5. The third kappa shape index (κ3) is 3.45. The molecule has 112 valence electrons. The van der Waals surface area contributed by atoms with Gasteiger partial charge in [0.25, 0.3) is 0 Å². The molecule has 0 spiro atoms. The Labute approximate surface area is 121 Å². The second-order valence-electron chi connectivity index (χ2n) is 5.76. The van der Waals surface area contributed by atoms with E-state index in [4.69, 9.17) is 5.73 Å². The van der Waals surface area contributed by atoms with Gasteiger partial charge in [0, 0.05) is 12.3 Å². The summed E-state index contributed by atoms with van der Waals surface area (Å²) in [5.41, 5.74) is 7.08. The maximum absolute atomic E-state index is 11.7. The van der Waals surface area contributed by atoms with Crippen LogP contribution in [0.2, 0.25) is 0 Å². The Kier molecular flexibility index (Phi) is 4.58. The van der Waals surface area contributed by atoms with Crippen LogP contribution in [0.25, 0.3) is 0 Å². The van der Waals surface area contributed by atoms with Gasteiger partial charge in [-0.05, 0) is 43.7 Å². The van der Waals surface area contributed by atoms with E-state index in [2.05, 4.69) is 12.2 Å². The van der Waals surface area contributed by atoms with Crippen LogP contribution < -0.4 is 11.1 Å². The molecule has 0 atom stereocenters. The first-order valence-corrected chi connectivity index (χ1v) is 9.16. The summed E-state index contributed by atoms with van der Waals surface area (Å²) < 4.78 is 23.3. The molecule has 1 aromatic carbocycles. The number of sulfone groups is 1. The second-order valence-corrected chi connectivity index (χ2v) is 7.74. The lowest BCUT2D eigenvalue weighted by molar-refractivity contribution is 0.330. The van der Waals surface area contributed by atoms with Gasteiger partial charge in [-0.2, -0.15) is 0 Å². The van der Waals surface area contributed by atoms with E-state index in [0.717, 1.165) is 24.4 Å². The first-order valence-electron chi connectivity index (χ1n) is 7.27. The molecule has 0 aliphatic heterocycles. The van der Waals surface area contributed by atoms with Gasteiger partial charge < -0.3 is 11.1 Å². The van der Waals surface area contributed by atoms with Crippen LogP contribution in [0.4, 0.5) is 11.4 Å². The van der Waals surface area contributed by atoms with Crippen molar-refractivity contribution in [2.24, 2.45) is 5.92 Å². The lowest BCUT2D eigenvalue weighted by atomic mass is 9.84. The van der Waals surface area contributed by atoms with Gasteiger partial charge in [0.05, 0.1) is 16.3 Å². The highest BCUT2D eigenvalue weighted by atomic mass is 32.2. The molecule has 1 saturated carbocycles. The van der Waals surface area contributed by atoms with E-state index in [1.54, 1.807) is 12.1 Å². The zero-order valence-corrected chi connectivity index (χ0v) is 13.0. The lowest BCUT2D eigenvalue weighted by Gasteiger charge is -2.29. The molecule has 0 heterocycles. The highest BCUT2D eigenvalue weighted by molar-refractivity contribution is 7.90. The van der Waals surface area contributed by atoms with Gasteiger partial charge in [-0.3, -0.25) is 0 Å². The summed E-state index contributed by atoms with van der Waals surface area (Å²) in [4.78, 5) is 0.213. The molecule has 0 saturated heterocycles. The van der Waals surface area contributed by atoms with E-state index in [1.807, 2.05) is 6.07 Å². The fourth-order valence-corrected chi connectivity index (χ4v) is 3.76. The van der Waals surface area contributed by atoms with Crippen LogP contribution in [0.15, 0.2) is 23.1 Å². The minimum Gasteiger partial charge on any atom is -0.396 e. The monoisotopic (exact) mass is 296 g/mol. The summed E-state index contributed by atoms with van der Waals surface area (Å²) in [5.74, 6) is 0.841. The van der Waals surface area contributed by atoms with Crippen molar-refractivity contribution in [3.63, 3.8) is 0 Å². The molecule has 5 heteroatoms. The van der Waals surface area contributed by atoms with Crippen molar-refractivity contribution in [1.82, 2.24) is 0 Å². The Morgan fingerprint density at radius 2 is 1.90 bits per heavy atom. The molecular weight excluding hydrogens is 272 g/mol. The van der Waals surface area contributed by atoms with E-state index in [0.29, 0.717) is 11.7 Å². The molecule has 0 unspecified atom stereocenters. The predicted octanol–water partition coefficient (Wildman–Crippen LogP) is 3.05. The number of nitrogens with two attached hydrogens (primary N) is 1. The summed E-state index contributed by atoms with van der Waals surface area (Å²) in [5, 5.41) is 3.42. The van der Waals surface area contributed by atoms with Crippen molar-refractivity contribution < 1.29 is 8.42 Å². The number of anilines is 2. The average Bonchev–Trinajstić information content (AvgIpc) is 2.40. The van der Waals surface area contributed by atoms with E-state index in [1.165, 1.54) is 25.5 Å². The molecule has 4 nitrogen and oxygen atoms in total. The number of para-hydroxylation sites is 1. The van der Waals surface area contributed by atoms with Crippen molar-refractivity contribution in [3.8, 4) is 0 Å². The Morgan fingerprint density at radius 1 is 1.25 bits per heavy atom. The number of rotatable bonds is 4. The average molecular weight is 296 g/mol. The van der Waals surface area contributed by atoms with Crippen molar-refractivity contribution >= 4 is 21.2 Å². The highest BCUT2D eigenvalue weighted by Gasteiger charge is 2.21. The first kappa shape index (κ1) is 15.2. The van der Waals surface area contributed by atoms with E-state index < -0.39 is 9.84 Å². The standard InChI is InChI=1S/C15H24N2O2S/c1-3-11-7-9-12(10-8-11)17-13-5-4-6-14(15(13)16)20(2,18)19/h4-6,11-12,17H,3,7-10,16H2,1-2H3. The molecule has 0 bridgehead atoms. The molecule has 0 radical (unpaired) electrons. The van der Waals surface area contributed by atoms with Gasteiger partial charge in [0.1, 0.15) is 0 Å². The molecule has 1 aromatic rings. The molecular formula is C15H24N2O2S. The maximum Gasteiger partial charge on any atom is 0.177 e. The summed E-state index contributed by atoms with van der Waals surface area (Å²) in [6, 6.07) is 5.56. The smallest absolute Gasteiger partial charge is 0.177 e. The number of nitrogens with one attached hydrogen (secondary N) is 1. The Bertz CT molecular complexity index is 561. The number of hydrogen-bond acceptors (Lipinski definition) is 4. The van der Waals surface area contributed by atoms with Gasteiger partial charge in [0.2, 0.25) is 0 Å². The Morgan fingerprint density at radius 3 is 2.45 bits per heavy atom. The molecule has 0 aromatic heterocycles. The van der Waals surface area contributed by atoms with Gasteiger partial charge in [-0.25, -0.2) is 8.42 Å². The Hall–Kier alpha value is -1.23. The van der Waals surface area contributed by atoms with E-state index >= 15 is 0 Å². The minimum absolute atomic E-state index is 0.213. The second kappa shape index (κ2) is 6.04. The van der Waals surface area contributed by atoms with Crippen LogP contribution in [0.5, 0.6) is 0 Å². The molecule has 2 rings (SSSR count). The molecule has 1 aliphatic carbocycles. The fraction of sp³-hybridized carbons (Fsp3) is 0.600. The molecule has 20 heavy (non-hydrogen) atoms.